The van der Waals surface area contributed by atoms with Crippen molar-refractivity contribution in [1.82, 2.24) is 4.90 Å². The normalized spacial score (nSPS) is 22.9. The summed E-state index contributed by atoms with van der Waals surface area (Å²) in [6.07, 6.45) is 3.17. The molecule has 1 amide bonds. The molecule has 2 fully saturated rings. The van der Waals surface area contributed by atoms with Gasteiger partial charge in [-0.05, 0) is 67.9 Å². The van der Waals surface area contributed by atoms with Crippen LogP contribution in [0, 0.1) is 11.7 Å². The fourth-order valence-electron chi connectivity index (χ4n) is 5.88. The molecule has 1 saturated heterocycles. The van der Waals surface area contributed by atoms with Gasteiger partial charge in [0, 0.05) is 43.9 Å². The average molecular weight is 545 g/mol. The maximum atomic E-state index is 15.7. The van der Waals surface area contributed by atoms with Crippen LogP contribution in [0.5, 0.6) is 11.5 Å². The van der Waals surface area contributed by atoms with Crippen LogP contribution in [-0.4, -0.2) is 75.7 Å². The van der Waals surface area contributed by atoms with Crippen LogP contribution in [0.25, 0.3) is 11.1 Å². The third-order valence-electron chi connectivity index (χ3n) is 8.01. The number of benzene rings is 2. The molecule has 4 unspecified atom stereocenters. The zero-order valence-corrected chi connectivity index (χ0v) is 23.2. The number of ether oxygens (including phenoxy) is 4. The number of nitrogens with two attached hydrogens (primary N) is 1. The molecule has 0 radical (unpaired) electrons. The molecule has 0 spiro atoms. The van der Waals surface area contributed by atoms with E-state index in [1.807, 2.05) is 0 Å². The third-order valence-corrected chi connectivity index (χ3v) is 8.01. The van der Waals surface area contributed by atoms with Crippen molar-refractivity contribution < 1.29 is 33.2 Å². The highest BCUT2D eigenvalue weighted by Crippen LogP contribution is 2.43. The Morgan fingerprint density at radius 1 is 1.15 bits per heavy atom. The molecule has 0 aromatic heterocycles. The zero-order valence-electron chi connectivity index (χ0n) is 23.2. The van der Waals surface area contributed by atoms with Crippen molar-refractivity contribution in [3.05, 3.63) is 47.8 Å². The van der Waals surface area contributed by atoms with Gasteiger partial charge in [-0.1, -0.05) is 12.1 Å². The first-order valence-corrected chi connectivity index (χ1v) is 13.7. The van der Waals surface area contributed by atoms with Gasteiger partial charge < -0.3 is 34.7 Å². The van der Waals surface area contributed by atoms with Crippen molar-refractivity contribution in [1.29, 1.82) is 0 Å². The molecule has 4 atom stereocenters. The summed E-state index contributed by atoms with van der Waals surface area (Å²) in [5.74, 6) is 0.463. The molecule has 0 bridgehead atoms. The lowest BCUT2D eigenvalue weighted by Crippen LogP contribution is -2.55. The summed E-state index contributed by atoms with van der Waals surface area (Å²) in [4.78, 5) is 15.1. The second kappa shape index (κ2) is 13.1. The minimum absolute atomic E-state index is 0.0446. The fourth-order valence-corrected chi connectivity index (χ4v) is 5.88. The van der Waals surface area contributed by atoms with Gasteiger partial charge >= 0.3 is 0 Å². The molecular weight excluding hydrogens is 503 g/mol. The van der Waals surface area contributed by atoms with Crippen molar-refractivity contribution in [3.8, 4) is 22.6 Å². The van der Waals surface area contributed by atoms with Crippen LogP contribution in [0.3, 0.4) is 0 Å². The van der Waals surface area contributed by atoms with E-state index in [-0.39, 0.29) is 36.6 Å². The van der Waals surface area contributed by atoms with Gasteiger partial charge in [0.05, 0.1) is 27.4 Å². The van der Waals surface area contributed by atoms with E-state index in [1.165, 1.54) is 20.3 Å². The number of halogens is 1. The predicted octanol–water partition coefficient (Wildman–Crippen LogP) is 3.87. The van der Waals surface area contributed by atoms with Gasteiger partial charge in [-0.2, -0.15) is 0 Å². The standard InChI is InChI=1S/C30H41FN2O6/c1-36-13-5-4-11-30(35,27-19-33(12-14-39-27)29(34)20-9-10-22(32)15-20)25-7-6-8-26(31)28(25)21-16-23(37-2)18-24(17-21)38-3/h6-8,16-18,20,22,27,35H,4-5,9-15,19,32H2,1-3H3. The first kappa shape index (κ1) is 29.3. The summed E-state index contributed by atoms with van der Waals surface area (Å²) in [5.41, 5.74) is 5.66. The largest absolute Gasteiger partial charge is 0.497 e. The maximum Gasteiger partial charge on any atom is 0.225 e. The number of morpholine rings is 1. The van der Waals surface area contributed by atoms with Crippen molar-refractivity contribution in [2.45, 2.75) is 56.3 Å². The van der Waals surface area contributed by atoms with E-state index in [4.69, 9.17) is 24.7 Å². The molecule has 3 N–H and O–H groups in total. The fraction of sp³-hybridized carbons (Fsp3) is 0.567. The summed E-state index contributed by atoms with van der Waals surface area (Å²) in [6.45, 7) is 1.48. The van der Waals surface area contributed by atoms with Crippen LogP contribution in [0.2, 0.25) is 0 Å². The SMILES string of the molecule is COCCCCC(O)(c1cccc(F)c1-c1cc(OC)cc(OC)c1)C1CN(C(=O)C2CCC(N)C2)CCO1. The lowest BCUT2D eigenvalue weighted by molar-refractivity contribution is -0.167. The number of amides is 1. The molecule has 2 aromatic rings. The first-order valence-electron chi connectivity index (χ1n) is 13.7. The molecule has 39 heavy (non-hydrogen) atoms. The van der Waals surface area contributed by atoms with Crippen LogP contribution in [0.1, 0.15) is 44.1 Å². The highest BCUT2D eigenvalue weighted by atomic mass is 19.1. The van der Waals surface area contributed by atoms with E-state index in [0.717, 1.165) is 12.8 Å². The molecule has 2 aromatic carbocycles. The van der Waals surface area contributed by atoms with Gasteiger partial charge in [0.2, 0.25) is 5.91 Å². The summed E-state index contributed by atoms with van der Waals surface area (Å²) in [5, 5.41) is 12.5. The Hall–Kier alpha value is -2.72. The van der Waals surface area contributed by atoms with Crippen LogP contribution in [-0.2, 0) is 19.9 Å². The summed E-state index contributed by atoms with van der Waals surface area (Å²) >= 11 is 0. The van der Waals surface area contributed by atoms with E-state index in [2.05, 4.69) is 0 Å². The minimum atomic E-state index is -1.58. The molecule has 8 nitrogen and oxygen atoms in total. The Bertz CT molecular complexity index is 1110. The molecule has 2 aliphatic rings. The number of carbonyl (C=O) groups excluding carboxylic acids is 1. The highest BCUT2D eigenvalue weighted by Gasteiger charge is 2.45. The topological polar surface area (TPSA) is 103 Å². The van der Waals surface area contributed by atoms with E-state index in [9.17, 15) is 9.90 Å². The number of methoxy groups -OCH3 is 3. The van der Waals surface area contributed by atoms with Gasteiger partial charge in [0.15, 0.2) is 0 Å². The van der Waals surface area contributed by atoms with E-state index < -0.39 is 17.5 Å². The zero-order chi connectivity index (χ0) is 28.0. The second-order valence-corrected chi connectivity index (χ2v) is 10.6. The Labute approximate surface area is 230 Å². The third kappa shape index (κ3) is 6.54. The quantitative estimate of drug-likeness (QED) is 0.414. The number of rotatable bonds is 11. The maximum absolute atomic E-state index is 15.7. The first-order chi connectivity index (χ1) is 18.8. The van der Waals surface area contributed by atoms with Crippen molar-refractivity contribution >= 4 is 5.91 Å². The van der Waals surface area contributed by atoms with Gasteiger partial charge in [-0.25, -0.2) is 4.39 Å². The van der Waals surface area contributed by atoms with Crippen molar-refractivity contribution in [3.63, 3.8) is 0 Å². The van der Waals surface area contributed by atoms with Crippen LogP contribution in [0.4, 0.5) is 4.39 Å². The molecule has 214 valence electrons. The molecular formula is C30H41FN2O6. The Morgan fingerprint density at radius 2 is 1.90 bits per heavy atom. The van der Waals surface area contributed by atoms with Gasteiger partial charge in [-0.15, -0.1) is 0 Å². The van der Waals surface area contributed by atoms with Gasteiger partial charge in [0.25, 0.3) is 0 Å². The van der Waals surface area contributed by atoms with Crippen molar-refractivity contribution in [2.75, 3.05) is 47.6 Å². The second-order valence-electron chi connectivity index (χ2n) is 10.6. The molecule has 1 aliphatic carbocycles. The minimum Gasteiger partial charge on any atom is -0.497 e. The molecule has 1 saturated carbocycles. The summed E-state index contributed by atoms with van der Waals surface area (Å²) in [7, 11) is 4.70. The van der Waals surface area contributed by atoms with E-state index >= 15 is 4.39 Å². The Kier molecular flexibility index (Phi) is 9.82. The Balaban J connectivity index is 1.73. The average Bonchev–Trinajstić information content (AvgIpc) is 3.40. The van der Waals surface area contributed by atoms with Gasteiger partial charge in [0.1, 0.15) is 29.0 Å². The van der Waals surface area contributed by atoms with Gasteiger partial charge in [-0.3, -0.25) is 4.79 Å². The number of hydrogen-bond acceptors (Lipinski definition) is 7. The van der Waals surface area contributed by atoms with Crippen LogP contribution in [0.15, 0.2) is 36.4 Å². The lowest BCUT2D eigenvalue weighted by Gasteiger charge is -2.43. The highest BCUT2D eigenvalue weighted by molar-refractivity contribution is 5.79. The predicted molar refractivity (Wildman–Crippen MR) is 146 cm³/mol. The summed E-state index contributed by atoms with van der Waals surface area (Å²) in [6, 6.07) is 9.90. The molecule has 9 heteroatoms. The monoisotopic (exact) mass is 544 g/mol. The lowest BCUT2D eigenvalue weighted by atomic mass is 9.78. The smallest absolute Gasteiger partial charge is 0.225 e. The van der Waals surface area contributed by atoms with Crippen LogP contribution >= 0.6 is 0 Å². The number of nitrogens with zero attached hydrogens (tertiary/aromatic N) is 1. The van der Waals surface area contributed by atoms with Crippen LogP contribution < -0.4 is 15.2 Å². The van der Waals surface area contributed by atoms with Crippen molar-refractivity contribution in [2.24, 2.45) is 11.7 Å². The number of aliphatic hydroxyl groups is 1. The number of carbonyl (C=O) groups is 1. The molecule has 1 aliphatic heterocycles. The Morgan fingerprint density at radius 3 is 2.54 bits per heavy atom. The summed E-state index contributed by atoms with van der Waals surface area (Å²) < 4.78 is 37.9. The number of unbranched alkanes of at least 4 members (excludes halogenated alkanes) is 1. The molecule has 1 heterocycles. The molecule has 4 rings (SSSR count). The van der Waals surface area contributed by atoms with E-state index in [0.29, 0.717) is 61.5 Å². The van der Waals surface area contributed by atoms with E-state index in [1.54, 1.807) is 42.3 Å². The number of hydrogen-bond donors (Lipinski definition) is 2.